The van der Waals surface area contributed by atoms with Crippen molar-refractivity contribution in [3.05, 3.63) is 14.9 Å². The summed E-state index contributed by atoms with van der Waals surface area (Å²) in [6, 6.07) is 2.15. The van der Waals surface area contributed by atoms with Crippen LogP contribution < -0.4 is 10.6 Å². The molecule has 1 aliphatic rings. The SMILES string of the molecule is CC(C)(C)OC(=O)NC1CCCC(Nc2cc(Cl)nnc2I)C1. The lowest BCUT2D eigenvalue weighted by atomic mass is 9.91. The van der Waals surface area contributed by atoms with Gasteiger partial charge >= 0.3 is 6.09 Å². The Bertz CT molecular complexity index is 565. The number of hydrogen-bond donors (Lipinski definition) is 2. The fraction of sp³-hybridized carbons (Fsp3) is 0.667. The summed E-state index contributed by atoms with van der Waals surface area (Å²) in [6.07, 6.45) is 3.54. The van der Waals surface area contributed by atoms with Crippen LogP contribution in [0.1, 0.15) is 46.5 Å². The highest BCUT2D eigenvalue weighted by atomic mass is 127. The summed E-state index contributed by atoms with van der Waals surface area (Å²) in [6.45, 7) is 5.58. The number of halogens is 2. The summed E-state index contributed by atoms with van der Waals surface area (Å²) < 4.78 is 6.11. The van der Waals surface area contributed by atoms with E-state index in [-0.39, 0.29) is 18.2 Å². The molecule has 2 rings (SSSR count). The van der Waals surface area contributed by atoms with Gasteiger partial charge in [0.25, 0.3) is 0 Å². The van der Waals surface area contributed by atoms with Gasteiger partial charge in [-0.1, -0.05) is 11.6 Å². The molecule has 0 bridgehead atoms. The number of nitrogens with one attached hydrogen (secondary N) is 2. The minimum absolute atomic E-state index is 0.110. The number of alkyl carbamates (subject to hydrolysis) is 1. The Balaban J connectivity index is 1.90. The molecule has 0 radical (unpaired) electrons. The van der Waals surface area contributed by atoms with Crippen LogP contribution in [0, 0.1) is 3.70 Å². The van der Waals surface area contributed by atoms with Crippen molar-refractivity contribution in [2.75, 3.05) is 5.32 Å². The maximum atomic E-state index is 11.9. The molecule has 1 heterocycles. The summed E-state index contributed by atoms with van der Waals surface area (Å²) in [4.78, 5) is 11.9. The highest BCUT2D eigenvalue weighted by Crippen LogP contribution is 2.25. The molecule has 6 nitrogen and oxygen atoms in total. The lowest BCUT2D eigenvalue weighted by molar-refractivity contribution is 0.0492. The van der Waals surface area contributed by atoms with E-state index in [4.69, 9.17) is 16.3 Å². The Morgan fingerprint density at radius 2 is 2.04 bits per heavy atom. The van der Waals surface area contributed by atoms with Gasteiger partial charge in [0, 0.05) is 18.2 Å². The van der Waals surface area contributed by atoms with Crippen molar-refractivity contribution in [2.45, 2.75) is 64.1 Å². The van der Waals surface area contributed by atoms with E-state index < -0.39 is 5.60 Å². The molecule has 8 heteroatoms. The Kier molecular flexibility index (Phi) is 6.30. The Hall–Kier alpha value is -0.830. The van der Waals surface area contributed by atoms with Crippen molar-refractivity contribution < 1.29 is 9.53 Å². The highest BCUT2D eigenvalue weighted by molar-refractivity contribution is 14.1. The number of nitrogens with zero attached hydrogens (tertiary/aromatic N) is 2. The zero-order chi connectivity index (χ0) is 17.0. The van der Waals surface area contributed by atoms with E-state index in [1.807, 2.05) is 20.8 Å². The summed E-state index contributed by atoms with van der Waals surface area (Å²) in [7, 11) is 0. The summed E-state index contributed by atoms with van der Waals surface area (Å²) in [5.74, 6) is 0. The first kappa shape index (κ1) is 18.5. The number of carbonyl (C=O) groups excluding carboxylic acids is 1. The van der Waals surface area contributed by atoms with Gasteiger partial charge in [0.1, 0.15) is 9.30 Å². The molecular formula is C15H22ClIN4O2. The van der Waals surface area contributed by atoms with Crippen LogP contribution in [0.3, 0.4) is 0 Å². The van der Waals surface area contributed by atoms with E-state index in [9.17, 15) is 4.79 Å². The summed E-state index contributed by atoms with van der Waals surface area (Å²) in [5, 5.41) is 14.6. The third kappa shape index (κ3) is 6.29. The monoisotopic (exact) mass is 452 g/mol. The molecule has 128 valence electrons. The molecule has 1 aromatic heterocycles. The molecule has 0 aliphatic heterocycles. The number of anilines is 1. The number of ether oxygens (including phenoxy) is 1. The molecule has 1 aromatic rings. The molecule has 0 saturated heterocycles. The van der Waals surface area contributed by atoms with Crippen molar-refractivity contribution in [2.24, 2.45) is 0 Å². The molecule has 0 spiro atoms. The van der Waals surface area contributed by atoms with Gasteiger partial charge in [-0.25, -0.2) is 4.79 Å². The molecule has 1 amide bonds. The topological polar surface area (TPSA) is 76.1 Å². The van der Waals surface area contributed by atoms with Crippen LogP contribution in [0.25, 0.3) is 0 Å². The van der Waals surface area contributed by atoms with Gasteiger partial charge < -0.3 is 15.4 Å². The third-order valence-corrected chi connectivity index (χ3v) is 4.46. The first-order chi connectivity index (χ1) is 10.7. The smallest absolute Gasteiger partial charge is 0.407 e. The largest absolute Gasteiger partial charge is 0.444 e. The van der Waals surface area contributed by atoms with Crippen LogP contribution in [-0.2, 0) is 4.74 Å². The summed E-state index contributed by atoms with van der Waals surface area (Å²) >= 11 is 8.03. The van der Waals surface area contributed by atoms with E-state index in [1.54, 1.807) is 6.07 Å². The molecule has 1 fully saturated rings. The van der Waals surface area contributed by atoms with Gasteiger partial charge in [-0.2, -0.15) is 0 Å². The second kappa shape index (κ2) is 7.83. The zero-order valence-electron chi connectivity index (χ0n) is 13.5. The van der Waals surface area contributed by atoms with Crippen molar-refractivity contribution in [3.63, 3.8) is 0 Å². The van der Waals surface area contributed by atoms with Gasteiger partial charge in [-0.05, 0) is 69.0 Å². The van der Waals surface area contributed by atoms with Crippen LogP contribution in [-0.4, -0.2) is 34.0 Å². The summed E-state index contributed by atoms with van der Waals surface area (Å²) in [5.41, 5.74) is 0.403. The van der Waals surface area contributed by atoms with Gasteiger partial charge in [0.05, 0.1) is 5.69 Å². The quantitative estimate of drug-likeness (QED) is 0.679. The molecule has 2 atom stereocenters. The number of aromatic nitrogens is 2. The normalized spacial score (nSPS) is 21.6. The molecule has 2 N–H and O–H groups in total. The zero-order valence-corrected chi connectivity index (χ0v) is 16.4. The predicted molar refractivity (Wildman–Crippen MR) is 98.8 cm³/mol. The Morgan fingerprint density at radius 1 is 1.35 bits per heavy atom. The molecule has 2 unspecified atom stereocenters. The average molecular weight is 453 g/mol. The maximum absolute atomic E-state index is 11.9. The molecule has 0 aromatic carbocycles. The first-order valence-electron chi connectivity index (χ1n) is 7.68. The van der Waals surface area contributed by atoms with Gasteiger partial charge in [-0.15, -0.1) is 10.2 Å². The number of amides is 1. The van der Waals surface area contributed by atoms with Gasteiger partial charge in [0.15, 0.2) is 5.15 Å². The van der Waals surface area contributed by atoms with E-state index >= 15 is 0 Å². The first-order valence-corrected chi connectivity index (χ1v) is 9.13. The lowest BCUT2D eigenvalue weighted by Crippen LogP contribution is -2.43. The Labute approximate surface area is 155 Å². The van der Waals surface area contributed by atoms with E-state index in [0.717, 1.165) is 35.1 Å². The van der Waals surface area contributed by atoms with E-state index in [0.29, 0.717) is 5.15 Å². The van der Waals surface area contributed by atoms with Crippen molar-refractivity contribution in [3.8, 4) is 0 Å². The minimum atomic E-state index is -0.480. The second-order valence-corrected chi connectivity index (χ2v) is 8.13. The van der Waals surface area contributed by atoms with Crippen molar-refractivity contribution in [1.82, 2.24) is 15.5 Å². The number of carbonyl (C=O) groups is 1. The maximum Gasteiger partial charge on any atom is 0.407 e. The predicted octanol–water partition coefficient (Wildman–Crippen LogP) is 3.98. The van der Waals surface area contributed by atoms with Crippen molar-refractivity contribution in [1.29, 1.82) is 0 Å². The third-order valence-electron chi connectivity index (χ3n) is 3.47. The van der Waals surface area contributed by atoms with Gasteiger partial charge in [0.2, 0.25) is 0 Å². The van der Waals surface area contributed by atoms with E-state index in [1.165, 1.54) is 0 Å². The standard InChI is InChI=1S/C15H22ClIN4O2/c1-15(2,3)23-14(22)19-10-6-4-5-9(7-10)18-11-8-12(16)20-21-13(11)17/h8-10H,4-7H2,1-3H3,(H,18,20)(H,19,22). The fourth-order valence-corrected chi connectivity index (χ4v) is 3.17. The number of hydrogen-bond acceptors (Lipinski definition) is 5. The minimum Gasteiger partial charge on any atom is -0.444 e. The molecule has 1 saturated carbocycles. The highest BCUT2D eigenvalue weighted by Gasteiger charge is 2.26. The molecule has 1 aliphatic carbocycles. The lowest BCUT2D eigenvalue weighted by Gasteiger charge is -2.31. The van der Waals surface area contributed by atoms with Crippen molar-refractivity contribution >= 4 is 46.0 Å². The average Bonchev–Trinajstić information content (AvgIpc) is 2.41. The fourth-order valence-electron chi connectivity index (χ4n) is 2.60. The van der Waals surface area contributed by atoms with Crippen LogP contribution in [0.2, 0.25) is 5.15 Å². The van der Waals surface area contributed by atoms with Crippen LogP contribution in [0.15, 0.2) is 6.07 Å². The van der Waals surface area contributed by atoms with Gasteiger partial charge in [-0.3, -0.25) is 0 Å². The number of rotatable bonds is 3. The second-order valence-electron chi connectivity index (χ2n) is 6.72. The Morgan fingerprint density at radius 3 is 2.74 bits per heavy atom. The van der Waals surface area contributed by atoms with Crippen LogP contribution in [0.4, 0.5) is 10.5 Å². The van der Waals surface area contributed by atoms with Crippen LogP contribution in [0.5, 0.6) is 0 Å². The molecular weight excluding hydrogens is 431 g/mol. The molecule has 23 heavy (non-hydrogen) atoms. The van der Waals surface area contributed by atoms with E-state index in [2.05, 4.69) is 43.4 Å². The van der Waals surface area contributed by atoms with Crippen LogP contribution >= 0.6 is 34.2 Å².